The van der Waals surface area contributed by atoms with Gasteiger partial charge in [0.15, 0.2) is 4.34 Å². The number of ether oxygens (including phenoxy) is 1. The molecule has 0 radical (unpaired) electrons. The molecule has 3 aromatic rings. The maximum Gasteiger partial charge on any atom is 0.262 e. The lowest BCUT2D eigenvalue weighted by Gasteiger charge is -2.04. The number of thioether (sulfide) groups is 1. The van der Waals surface area contributed by atoms with Crippen LogP contribution in [0.3, 0.4) is 0 Å². The van der Waals surface area contributed by atoms with Gasteiger partial charge in [-0.3, -0.25) is 20.4 Å². The Labute approximate surface area is 174 Å². The van der Waals surface area contributed by atoms with Gasteiger partial charge in [0.05, 0.1) is 19.1 Å². The highest BCUT2D eigenvalue weighted by Crippen LogP contribution is 2.28. The van der Waals surface area contributed by atoms with Crippen molar-refractivity contribution < 1.29 is 18.7 Å². The highest BCUT2D eigenvalue weighted by Gasteiger charge is 2.09. The first-order valence-electron chi connectivity index (χ1n) is 8.30. The summed E-state index contributed by atoms with van der Waals surface area (Å²) < 4.78 is 10.9. The predicted octanol–water partition coefficient (Wildman–Crippen LogP) is 2.84. The van der Waals surface area contributed by atoms with Crippen LogP contribution in [0.4, 0.5) is 10.8 Å². The van der Waals surface area contributed by atoms with Gasteiger partial charge in [-0.15, -0.1) is 10.2 Å². The summed E-state index contributed by atoms with van der Waals surface area (Å²) in [6.07, 6.45) is 4.25. The maximum absolute atomic E-state index is 11.9. The minimum Gasteiger partial charge on any atom is -0.497 e. The standard InChI is InChI=1S/C18H17N5O4S2/c1-26-14-5-2-4-12(10-14)19-17-22-23-18(29-17)28-11-16(25)21-20-15(24)8-7-13-6-3-9-27-13/h2-10H,11H2,1H3,(H,19,22)(H,20,24)(H,21,25)/b8-7+. The number of hydrogen-bond donors (Lipinski definition) is 3. The van der Waals surface area contributed by atoms with Gasteiger partial charge in [0, 0.05) is 17.8 Å². The normalized spacial score (nSPS) is 10.7. The summed E-state index contributed by atoms with van der Waals surface area (Å²) in [6.45, 7) is 0. The fraction of sp³-hybridized carbons (Fsp3) is 0.111. The highest BCUT2D eigenvalue weighted by molar-refractivity contribution is 8.01. The molecule has 2 amide bonds. The molecular weight excluding hydrogens is 414 g/mol. The molecule has 0 fully saturated rings. The fourth-order valence-electron chi connectivity index (χ4n) is 2.02. The minimum absolute atomic E-state index is 0.0793. The molecule has 3 rings (SSSR count). The Kier molecular flexibility index (Phi) is 7.25. The number of benzene rings is 1. The van der Waals surface area contributed by atoms with Crippen LogP contribution in [0.2, 0.25) is 0 Å². The number of aromatic nitrogens is 2. The Hall–Kier alpha value is -3.31. The van der Waals surface area contributed by atoms with E-state index in [4.69, 9.17) is 9.15 Å². The summed E-state index contributed by atoms with van der Waals surface area (Å²) in [6, 6.07) is 10.8. The summed E-state index contributed by atoms with van der Waals surface area (Å²) in [5, 5.41) is 11.8. The van der Waals surface area contributed by atoms with Crippen molar-refractivity contribution in [3.63, 3.8) is 0 Å². The van der Waals surface area contributed by atoms with E-state index in [2.05, 4.69) is 26.4 Å². The third-order valence-corrected chi connectivity index (χ3v) is 5.29. The van der Waals surface area contributed by atoms with Crippen LogP contribution >= 0.6 is 23.1 Å². The summed E-state index contributed by atoms with van der Waals surface area (Å²) >= 11 is 2.53. The lowest BCUT2D eigenvalue weighted by atomic mass is 10.3. The van der Waals surface area contributed by atoms with Gasteiger partial charge in [-0.05, 0) is 30.3 Å². The molecule has 0 saturated carbocycles. The number of hydrazine groups is 1. The van der Waals surface area contributed by atoms with Crippen molar-refractivity contribution in [2.75, 3.05) is 18.2 Å². The second-order valence-corrected chi connectivity index (χ2v) is 7.60. The smallest absolute Gasteiger partial charge is 0.262 e. The number of nitrogens with one attached hydrogen (secondary N) is 3. The molecule has 3 N–H and O–H groups in total. The number of furan rings is 1. The Bertz CT molecular complexity index is 988. The highest BCUT2D eigenvalue weighted by atomic mass is 32.2. The van der Waals surface area contributed by atoms with E-state index in [9.17, 15) is 9.59 Å². The van der Waals surface area contributed by atoms with Crippen molar-refractivity contribution in [1.29, 1.82) is 0 Å². The molecule has 2 heterocycles. The number of nitrogens with zero attached hydrogens (tertiary/aromatic N) is 2. The molecule has 0 aliphatic carbocycles. The monoisotopic (exact) mass is 431 g/mol. The summed E-state index contributed by atoms with van der Waals surface area (Å²) in [4.78, 5) is 23.5. The zero-order valence-corrected chi connectivity index (χ0v) is 16.9. The van der Waals surface area contributed by atoms with Crippen LogP contribution in [0.15, 0.2) is 57.5 Å². The van der Waals surface area contributed by atoms with E-state index >= 15 is 0 Å². The van der Waals surface area contributed by atoms with Gasteiger partial charge in [-0.25, -0.2) is 0 Å². The molecule has 0 atom stereocenters. The SMILES string of the molecule is COc1cccc(Nc2nnc(SCC(=O)NNC(=O)/C=C/c3ccco3)s2)c1. The Balaban J connectivity index is 1.40. The Morgan fingerprint density at radius 1 is 1.24 bits per heavy atom. The van der Waals surface area contributed by atoms with E-state index in [1.165, 1.54) is 41.5 Å². The third-order valence-electron chi connectivity index (χ3n) is 3.32. The van der Waals surface area contributed by atoms with Gasteiger partial charge in [0.25, 0.3) is 5.91 Å². The quantitative estimate of drug-likeness (QED) is 0.283. The second-order valence-electron chi connectivity index (χ2n) is 5.40. The fourth-order valence-corrected chi connectivity index (χ4v) is 3.60. The average Bonchev–Trinajstić information content (AvgIpc) is 3.41. The average molecular weight is 431 g/mol. The zero-order chi connectivity index (χ0) is 20.5. The van der Waals surface area contributed by atoms with Gasteiger partial charge in [-0.2, -0.15) is 0 Å². The molecule has 150 valence electrons. The van der Waals surface area contributed by atoms with E-state index in [0.717, 1.165) is 11.4 Å². The number of methoxy groups -OCH3 is 1. The van der Waals surface area contributed by atoms with Crippen LogP contribution in [-0.2, 0) is 9.59 Å². The first kappa shape index (κ1) is 20.4. The first-order valence-corrected chi connectivity index (χ1v) is 10.1. The number of rotatable bonds is 8. The van der Waals surface area contributed by atoms with Crippen LogP contribution in [0, 0.1) is 0 Å². The van der Waals surface area contributed by atoms with Crippen LogP contribution < -0.4 is 20.9 Å². The number of hydrogen-bond acceptors (Lipinski definition) is 9. The Morgan fingerprint density at radius 3 is 2.93 bits per heavy atom. The van der Waals surface area contributed by atoms with Crippen molar-refractivity contribution in [1.82, 2.24) is 21.0 Å². The molecule has 29 heavy (non-hydrogen) atoms. The van der Waals surface area contributed by atoms with Gasteiger partial charge >= 0.3 is 0 Å². The molecule has 0 aliphatic rings. The molecule has 2 aromatic heterocycles. The van der Waals surface area contributed by atoms with Crippen LogP contribution in [-0.4, -0.2) is 34.9 Å². The third kappa shape index (κ3) is 6.66. The van der Waals surface area contributed by atoms with Crippen molar-refractivity contribution in [2.45, 2.75) is 4.34 Å². The maximum atomic E-state index is 11.9. The molecule has 11 heteroatoms. The summed E-state index contributed by atoms with van der Waals surface area (Å²) in [5.74, 6) is 0.506. The molecule has 9 nitrogen and oxygen atoms in total. The summed E-state index contributed by atoms with van der Waals surface area (Å²) in [5.41, 5.74) is 5.44. The summed E-state index contributed by atoms with van der Waals surface area (Å²) in [7, 11) is 1.60. The largest absolute Gasteiger partial charge is 0.497 e. The van der Waals surface area contributed by atoms with E-state index < -0.39 is 5.91 Å². The van der Waals surface area contributed by atoms with E-state index in [-0.39, 0.29) is 11.7 Å². The first-order chi connectivity index (χ1) is 14.1. The van der Waals surface area contributed by atoms with Crippen LogP contribution in [0.5, 0.6) is 5.75 Å². The van der Waals surface area contributed by atoms with E-state index in [1.54, 1.807) is 19.2 Å². The molecule has 0 unspecified atom stereocenters. The molecule has 0 aliphatic heterocycles. The van der Waals surface area contributed by atoms with Crippen LogP contribution in [0.1, 0.15) is 5.76 Å². The lowest BCUT2D eigenvalue weighted by molar-refractivity contribution is -0.125. The van der Waals surface area contributed by atoms with Crippen molar-refractivity contribution >= 4 is 51.8 Å². The lowest BCUT2D eigenvalue weighted by Crippen LogP contribution is -2.41. The molecular formula is C18H17N5O4S2. The van der Waals surface area contributed by atoms with Crippen molar-refractivity contribution in [3.8, 4) is 5.75 Å². The second kappa shape index (κ2) is 10.3. The number of amides is 2. The zero-order valence-electron chi connectivity index (χ0n) is 15.2. The molecule has 1 aromatic carbocycles. The minimum atomic E-state index is -0.472. The molecule has 0 saturated heterocycles. The van der Waals surface area contributed by atoms with Crippen LogP contribution in [0.25, 0.3) is 6.08 Å². The van der Waals surface area contributed by atoms with Crippen molar-refractivity contribution in [2.24, 2.45) is 0 Å². The predicted molar refractivity (Wildman–Crippen MR) is 111 cm³/mol. The van der Waals surface area contributed by atoms with E-state index in [0.29, 0.717) is 15.2 Å². The van der Waals surface area contributed by atoms with Gasteiger partial charge in [0.2, 0.25) is 11.0 Å². The van der Waals surface area contributed by atoms with E-state index in [1.807, 2.05) is 24.3 Å². The number of carbonyl (C=O) groups excluding carboxylic acids is 2. The van der Waals surface area contributed by atoms with Gasteiger partial charge in [-0.1, -0.05) is 29.2 Å². The van der Waals surface area contributed by atoms with Crippen molar-refractivity contribution in [3.05, 3.63) is 54.5 Å². The molecule has 0 bridgehead atoms. The Morgan fingerprint density at radius 2 is 2.14 bits per heavy atom. The number of anilines is 2. The van der Waals surface area contributed by atoms with Gasteiger partial charge < -0.3 is 14.5 Å². The molecule has 0 spiro atoms. The number of carbonyl (C=O) groups is 2. The van der Waals surface area contributed by atoms with Gasteiger partial charge in [0.1, 0.15) is 11.5 Å². The topological polar surface area (TPSA) is 118 Å².